The fourth-order valence-electron chi connectivity index (χ4n) is 2.02. The highest BCUT2D eigenvalue weighted by atomic mass is 16.3. The molecule has 90 valence electrons. The van der Waals surface area contributed by atoms with Crippen LogP contribution in [0.25, 0.3) is 22.2 Å². The number of hydrogen-bond acceptors (Lipinski definition) is 3. The zero-order valence-corrected chi connectivity index (χ0v) is 10.0. The van der Waals surface area contributed by atoms with Crippen molar-refractivity contribution in [1.82, 2.24) is 15.0 Å². The molecule has 0 aliphatic carbocycles. The second-order valence-corrected chi connectivity index (χ2v) is 4.18. The summed E-state index contributed by atoms with van der Waals surface area (Å²) in [6, 6.07) is 9.89. The fraction of sp³-hybridized carbons (Fsp3) is 0.143. The second-order valence-electron chi connectivity index (χ2n) is 4.18. The molecule has 0 fully saturated rings. The summed E-state index contributed by atoms with van der Waals surface area (Å²) < 4.78 is 0. The maximum atomic E-state index is 9.32. The number of nitrogens with one attached hydrogen (secondary N) is 1. The van der Waals surface area contributed by atoms with E-state index in [0.29, 0.717) is 0 Å². The molecule has 0 saturated carbocycles. The topological polar surface area (TPSA) is 61.8 Å². The van der Waals surface area contributed by atoms with E-state index in [0.717, 1.165) is 34.3 Å². The summed E-state index contributed by atoms with van der Waals surface area (Å²) in [5.41, 5.74) is 4.86. The molecule has 18 heavy (non-hydrogen) atoms. The Balaban J connectivity index is 2.12. The van der Waals surface area contributed by atoms with Gasteiger partial charge in [0.15, 0.2) is 0 Å². The van der Waals surface area contributed by atoms with Gasteiger partial charge in [0.1, 0.15) is 0 Å². The van der Waals surface area contributed by atoms with E-state index in [1.165, 1.54) is 0 Å². The normalized spacial score (nSPS) is 10.9. The van der Waals surface area contributed by atoms with E-state index in [4.69, 9.17) is 0 Å². The highest BCUT2D eigenvalue weighted by Crippen LogP contribution is 2.24. The van der Waals surface area contributed by atoms with E-state index in [1.54, 1.807) is 0 Å². The summed E-state index contributed by atoms with van der Waals surface area (Å²) >= 11 is 0. The van der Waals surface area contributed by atoms with Gasteiger partial charge in [-0.2, -0.15) is 4.98 Å². The Morgan fingerprint density at radius 2 is 2.00 bits per heavy atom. The number of rotatable bonds is 2. The fourth-order valence-corrected chi connectivity index (χ4v) is 2.02. The molecule has 4 nitrogen and oxygen atoms in total. The van der Waals surface area contributed by atoms with Crippen LogP contribution in [0.5, 0.6) is 6.01 Å². The number of H-pyrrole nitrogens is 1. The van der Waals surface area contributed by atoms with E-state index in [9.17, 15) is 5.11 Å². The van der Waals surface area contributed by atoms with Crippen LogP contribution in [0.3, 0.4) is 0 Å². The van der Waals surface area contributed by atoms with Gasteiger partial charge in [-0.25, -0.2) is 0 Å². The van der Waals surface area contributed by atoms with E-state index < -0.39 is 0 Å². The predicted octanol–water partition coefficient (Wildman–Crippen LogP) is 2.89. The monoisotopic (exact) mass is 239 g/mol. The van der Waals surface area contributed by atoms with E-state index >= 15 is 0 Å². The predicted molar refractivity (Wildman–Crippen MR) is 70.4 cm³/mol. The molecule has 0 amide bonds. The highest BCUT2D eigenvalue weighted by molar-refractivity contribution is 5.82. The van der Waals surface area contributed by atoms with E-state index in [1.807, 2.05) is 30.5 Å². The van der Waals surface area contributed by atoms with Gasteiger partial charge in [0.25, 0.3) is 6.01 Å². The molecule has 0 atom stereocenters. The largest absolute Gasteiger partial charge is 0.480 e. The lowest BCUT2D eigenvalue weighted by Gasteiger charge is -2.03. The maximum Gasteiger partial charge on any atom is 0.292 e. The smallest absolute Gasteiger partial charge is 0.292 e. The standard InChI is InChI=1S/C14H13N3O/c1-2-11-7-10(5-6-15-11)9-3-4-12-13(8-9)17-14(18)16-12/h3-8H,2H2,1H3,(H2,16,17,18). The molecule has 0 aliphatic heterocycles. The Labute approximate surface area is 104 Å². The van der Waals surface area contributed by atoms with Crippen LogP contribution >= 0.6 is 0 Å². The van der Waals surface area contributed by atoms with Crippen molar-refractivity contribution in [3.63, 3.8) is 0 Å². The number of aromatic hydroxyl groups is 1. The number of aryl methyl sites for hydroxylation is 1. The van der Waals surface area contributed by atoms with Gasteiger partial charge in [0.05, 0.1) is 11.0 Å². The van der Waals surface area contributed by atoms with Crippen molar-refractivity contribution < 1.29 is 5.11 Å². The quantitative estimate of drug-likeness (QED) is 0.722. The van der Waals surface area contributed by atoms with Crippen LogP contribution in [0, 0.1) is 0 Å². The van der Waals surface area contributed by atoms with Gasteiger partial charge in [0, 0.05) is 11.9 Å². The number of pyridine rings is 1. The summed E-state index contributed by atoms with van der Waals surface area (Å²) in [6.07, 6.45) is 2.74. The average molecular weight is 239 g/mol. The molecule has 3 rings (SSSR count). The average Bonchev–Trinajstić information content (AvgIpc) is 2.77. The number of hydrogen-bond donors (Lipinski definition) is 2. The molecule has 1 aromatic carbocycles. The summed E-state index contributed by atoms with van der Waals surface area (Å²) in [5, 5.41) is 9.32. The Bertz CT molecular complexity index is 703. The van der Waals surface area contributed by atoms with Crippen molar-refractivity contribution in [3.05, 3.63) is 42.2 Å². The Morgan fingerprint density at radius 1 is 1.17 bits per heavy atom. The van der Waals surface area contributed by atoms with Gasteiger partial charge < -0.3 is 10.1 Å². The third-order valence-corrected chi connectivity index (χ3v) is 2.98. The minimum absolute atomic E-state index is 0.0499. The summed E-state index contributed by atoms with van der Waals surface area (Å²) in [5.74, 6) is 0. The zero-order valence-electron chi connectivity index (χ0n) is 10.0. The summed E-state index contributed by atoms with van der Waals surface area (Å²) in [7, 11) is 0. The van der Waals surface area contributed by atoms with Gasteiger partial charge in [-0.15, -0.1) is 0 Å². The molecule has 0 bridgehead atoms. The van der Waals surface area contributed by atoms with Gasteiger partial charge >= 0.3 is 0 Å². The van der Waals surface area contributed by atoms with Crippen LogP contribution in [0.4, 0.5) is 0 Å². The van der Waals surface area contributed by atoms with Crippen molar-refractivity contribution in [2.75, 3.05) is 0 Å². The van der Waals surface area contributed by atoms with E-state index in [2.05, 4.69) is 27.9 Å². The molecule has 2 aromatic heterocycles. The molecular weight excluding hydrogens is 226 g/mol. The SMILES string of the molecule is CCc1cc(-c2ccc3[nH]c(O)nc3c2)ccn1. The lowest BCUT2D eigenvalue weighted by Crippen LogP contribution is -1.87. The zero-order chi connectivity index (χ0) is 12.5. The second kappa shape index (κ2) is 4.14. The van der Waals surface area contributed by atoms with Crippen LogP contribution in [0.1, 0.15) is 12.6 Å². The molecule has 3 aromatic rings. The number of aromatic amines is 1. The van der Waals surface area contributed by atoms with Gasteiger partial charge in [-0.1, -0.05) is 13.0 Å². The first kappa shape index (κ1) is 10.8. The lowest BCUT2D eigenvalue weighted by molar-refractivity contribution is 0.438. The van der Waals surface area contributed by atoms with Crippen LogP contribution in [-0.2, 0) is 6.42 Å². The number of aromatic nitrogens is 3. The van der Waals surface area contributed by atoms with Crippen molar-refractivity contribution in [3.8, 4) is 17.1 Å². The first-order valence-corrected chi connectivity index (χ1v) is 5.90. The van der Waals surface area contributed by atoms with Crippen molar-refractivity contribution in [1.29, 1.82) is 0 Å². The van der Waals surface area contributed by atoms with Gasteiger partial charge in [-0.05, 0) is 41.8 Å². The van der Waals surface area contributed by atoms with Crippen LogP contribution in [0.2, 0.25) is 0 Å². The molecule has 2 heterocycles. The first-order valence-electron chi connectivity index (χ1n) is 5.90. The molecule has 4 heteroatoms. The Morgan fingerprint density at radius 3 is 2.83 bits per heavy atom. The molecule has 0 radical (unpaired) electrons. The number of imidazole rings is 1. The number of fused-ring (bicyclic) bond motifs is 1. The number of nitrogens with zero attached hydrogens (tertiary/aromatic N) is 2. The third kappa shape index (κ3) is 1.82. The van der Waals surface area contributed by atoms with E-state index in [-0.39, 0.29) is 6.01 Å². The van der Waals surface area contributed by atoms with Crippen molar-refractivity contribution >= 4 is 11.0 Å². The minimum atomic E-state index is -0.0499. The van der Waals surface area contributed by atoms with Crippen molar-refractivity contribution in [2.24, 2.45) is 0 Å². The van der Waals surface area contributed by atoms with Gasteiger partial charge in [0.2, 0.25) is 0 Å². The molecule has 0 saturated heterocycles. The highest BCUT2D eigenvalue weighted by Gasteiger charge is 2.04. The Kier molecular flexibility index (Phi) is 2.48. The van der Waals surface area contributed by atoms with Crippen LogP contribution in [0.15, 0.2) is 36.5 Å². The molecule has 0 unspecified atom stereocenters. The summed E-state index contributed by atoms with van der Waals surface area (Å²) in [4.78, 5) is 11.1. The number of benzene rings is 1. The molecule has 0 aliphatic rings. The van der Waals surface area contributed by atoms with Crippen LogP contribution < -0.4 is 0 Å². The van der Waals surface area contributed by atoms with Crippen molar-refractivity contribution in [2.45, 2.75) is 13.3 Å². The molecule has 0 spiro atoms. The Hall–Kier alpha value is -2.36. The van der Waals surface area contributed by atoms with Crippen LogP contribution in [-0.4, -0.2) is 20.1 Å². The minimum Gasteiger partial charge on any atom is -0.480 e. The molecular formula is C14H13N3O. The third-order valence-electron chi connectivity index (χ3n) is 2.98. The maximum absolute atomic E-state index is 9.32. The summed E-state index contributed by atoms with van der Waals surface area (Å²) in [6.45, 7) is 2.08. The lowest BCUT2D eigenvalue weighted by atomic mass is 10.1. The molecule has 2 N–H and O–H groups in total. The van der Waals surface area contributed by atoms with Gasteiger partial charge in [-0.3, -0.25) is 4.98 Å². The first-order chi connectivity index (χ1) is 8.76.